The molecule has 1 unspecified atom stereocenters. The second-order valence-electron chi connectivity index (χ2n) is 5.45. The van der Waals surface area contributed by atoms with Crippen molar-refractivity contribution in [3.05, 3.63) is 52.8 Å². The lowest BCUT2D eigenvalue weighted by molar-refractivity contribution is -0.136. The van der Waals surface area contributed by atoms with Gasteiger partial charge in [-0.05, 0) is 43.0 Å². The van der Waals surface area contributed by atoms with E-state index in [1.54, 1.807) is 7.11 Å². The number of ether oxygens (including phenoxy) is 2. The van der Waals surface area contributed by atoms with Gasteiger partial charge in [0, 0.05) is 18.4 Å². The van der Waals surface area contributed by atoms with E-state index in [-0.39, 0.29) is 11.9 Å². The van der Waals surface area contributed by atoms with Gasteiger partial charge in [0.05, 0.1) is 7.11 Å². The molecule has 22 heavy (non-hydrogen) atoms. The number of hydrogen-bond acceptors (Lipinski definition) is 3. The summed E-state index contributed by atoms with van der Waals surface area (Å²) in [4.78, 5) is 11.4. The minimum atomic E-state index is -0.259. The first-order valence-electron chi connectivity index (χ1n) is 7.85. The van der Waals surface area contributed by atoms with E-state index in [0.717, 1.165) is 30.8 Å². The minimum Gasteiger partial charge on any atom is -0.497 e. The molecule has 3 nitrogen and oxygen atoms in total. The van der Waals surface area contributed by atoms with E-state index in [0.29, 0.717) is 0 Å². The van der Waals surface area contributed by atoms with Gasteiger partial charge in [0.2, 0.25) is 0 Å². The number of allylic oxidation sites excluding steroid dienone is 3. The SMILES string of the molecule is CCC(CC)=C1C(OC(C)=O)=CCC1c1ccc(OC)cc1. The molecule has 0 fully saturated rings. The number of rotatable bonds is 5. The summed E-state index contributed by atoms with van der Waals surface area (Å²) in [5.74, 6) is 1.60. The van der Waals surface area contributed by atoms with Gasteiger partial charge in [-0.3, -0.25) is 4.79 Å². The van der Waals surface area contributed by atoms with Crippen molar-refractivity contribution in [3.63, 3.8) is 0 Å². The van der Waals surface area contributed by atoms with Gasteiger partial charge >= 0.3 is 5.97 Å². The van der Waals surface area contributed by atoms with E-state index in [9.17, 15) is 4.79 Å². The van der Waals surface area contributed by atoms with Crippen LogP contribution in [0.25, 0.3) is 0 Å². The summed E-state index contributed by atoms with van der Waals surface area (Å²) < 4.78 is 10.7. The molecule has 0 aliphatic heterocycles. The number of esters is 1. The first-order valence-corrected chi connectivity index (χ1v) is 7.85. The quantitative estimate of drug-likeness (QED) is 0.736. The van der Waals surface area contributed by atoms with Gasteiger partial charge in [0.25, 0.3) is 0 Å². The van der Waals surface area contributed by atoms with Crippen molar-refractivity contribution < 1.29 is 14.3 Å². The molecule has 0 heterocycles. The van der Waals surface area contributed by atoms with E-state index < -0.39 is 0 Å². The topological polar surface area (TPSA) is 35.5 Å². The second kappa shape index (κ2) is 7.30. The van der Waals surface area contributed by atoms with Crippen molar-refractivity contribution in [1.29, 1.82) is 0 Å². The third-order valence-corrected chi connectivity index (χ3v) is 4.16. The van der Waals surface area contributed by atoms with Gasteiger partial charge in [0.1, 0.15) is 11.5 Å². The Labute approximate surface area is 132 Å². The zero-order chi connectivity index (χ0) is 16.1. The van der Waals surface area contributed by atoms with E-state index in [1.165, 1.54) is 23.6 Å². The molecule has 1 aromatic carbocycles. The Morgan fingerprint density at radius 1 is 1.18 bits per heavy atom. The molecule has 0 saturated heterocycles. The van der Waals surface area contributed by atoms with Crippen LogP contribution in [0.3, 0.4) is 0 Å². The Morgan fingerprint density at radius 3 is 2.32 bits per heavy atom. The lowest BCUT2D eigenvalue weighted by atomic mass is 9.87. The summed E-state index contributed by atoms with van der Waals surface area (Å²) in [5.41, 5.74) is 3.77. The molecule has 1 aromatic rings. The van der Waals surface area contributed by atoms with E-state index in [2.05, 4.69) is 26.0 Å². The van der Waals surface area contributed by atoms with Crippen LogP contribution in [0.5, 0.6) is 5.75 Å². The van der Waals surface area contributed by atoms with Crippen molar-refractivity contribution in [1.82, 2.24) is 0 Å². The molecular weight excluding hydrogens is 276 g/mol. The number of methoxy groups -OCH3 is 1. The molecule has 0 spiro atoms. The molecule has 0 amide bonds. The lowest BCUT2D eigenvalue weighted by Crippen LogP contribution is -2.06. The van der Waals surface area contributed by atoms with Crippen LogP contribution >= 0.6 is 0 Å². The van der Waals surface area contributed by atoms with Crippen LogP contribution in [-0.2, 0) is 9.53 Å². The third kappa shape index (κ3) is 3.41. The average Bonchev–Trinajstić information content (AvgIpc) is 2.92. The van der Waals surface area contributed by atoms with E-state index in [1.807, 2.05) is 18.2 Å². The molecule has 1 aliphatic carbocycles. The van der Waals surface area contributed by atoms with Crippen LogP contribution in [0.15, 0.2) is 47.2 Å². The molecule has 1 aliphatic rings. The van der Waals surface area contributed by atoms with Crippen molar-refractivity contribution in [3.8, 4) is 5.75 Å². The van der Waals surface area contributed by atoms with E-state index >= 15 is 0 Å². The summed E-state index contributed by atoms with van der Waals surface area (Å²) in [5, 5.41) is 0. The second-order valence-corrected chi connectivity index (χ2v) is 5.45. The Morgan fingerprint density at radius 2 is 1.82 bits per heavy atom. The maximum Gasteiger partial charge on any atom is 0.308 e. The van der Waals surface area contributed by atoms with Crippen molar-refractivity contribution >= 4 is 5.97 Å². The highest BCUT2D eigenvalue weighted by molar-refractivity contribution is 5.69. The van der Waals surface area contributed by atoms with Gasteiger partial charge < -0.3 is 9.47 Å². The zero-order valence-corrected chi connectivity index (χ0v) is 13.8. The van der Waals surface area contributed by atoms with Crippen LogP contribution in [0.1, 0.15) is 51.5 Å². The van der Waals surface area contributed by atoms with Crippen molar-refractivity contribution in [2.24, 2.45) is 0 Å². The van der Waals surface area contributed by atoms with Crippen LogP contribution in [0.2, 0.25) is 0 Å². The Bertz CT molecular complexity index is 588. The molecule has 1 atom stereocenters. The maximum atomic E-state index is 11.4. The van der Waals surface area contributed by atoms with Crippen LogP contribution in [0, 0.1) is 0 Å². The molecule has 3 heteroatoms. The monoisotopic (exact) mass is 300 g/mol. The highest BCUT2D eigenvalue weighted by Crippen LogP contribution is 2.43. The summed E-state index contributed by atoms with van der Waals surface area (Å²) in [7, 11) is 1.67. The van der Waals surface area contributed by atoms with Gasteiger partial charge in [-0.25, -0.2) is 0 Å². The molecule has 2 rings (SSSR count). The first kappa shape index (κ1) is 16.3. The first-order chi connectivity index (χ1) is 10.6. The maximum absolute atomic E-state index is 11.4. The third-order valence-electron chi connectivity index (χ3n) is 4.16. The van der Waals surface area contributed by atoms with Gasteiger partial charge in [-0.15, -0.1) is 0 Å². The van der Waals surface area contributed by atoms with E-state index in [4.69, 9.17) is 9.47 Å². The predicted molar refractivity (Wildman–Crippen MR) is 87.8 cm³/mol. The highest BCUT2D eigenvalue weighted by atomic mass is 16.5. The molecule has 0 aromatic heterocycles. The van der Waals surface area contributed by atoms with Crippen LogP contribution < -0.4 is 4.74 Å². The van der Waals surface area contributed by atoms with Gasteiger partial charge in [-0.1, -0.05) is 31.6 Å². The molecule has 118 valence electrons. The smallest absolute Gasteiger partial charge is 0.308 e. The molecule has 0 saturated carbocycles. The predicted octanol–water partition coefficient (Wildman–Crippen LogP) is 4.75. The number of carbonyl (C=O) groups excluding carboxylic acids is 1. The number of benzene rings is 1. The fourth-order valence-corrected chi connectivity index (χ4v) is 3.07. The van der Waals surface area contributed by atoms with Crippen molar-refractivity contribution in [2.75, 3.05) is 7.11 Å². The standard InChI is InChI=1S/C19H24O3/c1-5-14(6-2)19-17(11-12-18(19)22-13(3)20)15-7-9-16(21-4)10-8-15/h7-10,12,17H,5-6,11H2,1-4H3. The molecule has 0 radical (unpaired) electrons. The molecule has 0 N–H and O–H groups in total. The minimum absolute atomic E-state index is 0.259. The summed E-state index contributed by atoms with van der Waals surface area (Å²) in [6.07, 6.45) is 4.85. The van der Waals surface area contributed by atoms with Gasteiger partial charge in [-0.2, -0.15) is 0 Å². The highest BCUT2D eigenvalue weighted by Gasteiger charge is 2.29. The normalized spacial score (nSPS) is 17.2. The molecule has 0 bridgehead atoms. The Hall–Kier alpha value is -2.03. The zero-order valence-electron chi connectivity index (χ0n) is 13.8. The number of carbonyl (C=O) groups is 1. The van der Waals surface area contributed by atoms with Crippen molar-refractivity contribution in [2.45, 2.75) is 46.0 Å². The Balaban J connectivity index is 2.38. The number of hydrogen-bond donors (Lipinski definition) is 0. The van der Waals surface area contributed by atoms with Gasteiger partial charge in [0.15, 0.2) is 0 Å². The van der Waals surface area contributed by atoms with Crippen LogP contribution in [0.4, 0.5) is 0 Å². The lowest BCUT2D eigenvalue weighted by Gasteiger charge is -2.19. The fraction of sp³-hybridized carbons (Fsp3) is 0.421. The largest absolute Gasteiger partial charge is 0.497 e. The van der Waals surface area contributed by atoms with Crippen LogP contribution in [-0.4, -0.2) is 13.1 Å². The fourth-order valence-electron chi connectivity index (χ4n) is 3.07. The molecular formula is C19H24O3. The Kier molecular flexibility index (Phi) is 5.42. The average molecular weight is 300 g/mol. The summed E-state index contributed by atoms with van der Waals surface area (Å²) in [6, 6.07) is 8.15. The summed E-state index contributed by atoms with van der Waals surface area (Å²) >= 11 is 0. The summed E-state index contributed by atoms with van der Waals surface area (Å²) in [6.45, 7) is 5.76.